The number of para-hydroxylation sites is 1. The van der Waals surface area contributed by atoms with Crippen molar-refractivity contribution < 1.29 is 22.7 Å². The molecule has 0 unspecified atom stereocenters. The normalized spacial score (nSPS) is 14.1. The molecular weight excluding hydrogens is 430 g/mol. The third-order valence-corrected chi connectivity index (χ3v) is 5.88. The molecular formula is C23H23N3O5S. The number of hydrogen-bond donors (Lipinski definition) is 2. The fourth-order valence-corrected chi connectivity index (χ4v) is 3.94. The van der Waals surface area contributed by atoms with E-state index in [4.69, 9.17) is 14.6 Å². The van der Waals surface area contributed by atoms with Crippen LogP contribution in [0.25, 0.3) is 0 Å². The smallest absolute Gasteiger partial charge is 0.259 e. The Kier molecular flexibility index (Phi) is 6.40. The summed E-state index contributed by atoms with van der Waals surface area (Å²) in [6.45, 7) is 2.97. The molecule has 0 spiro atoms. The maximum Gasteiger partial charge on any atom is 0.259 e. The fraction of sp³-hybridized carbons (Fsp3) is 0.174. The first-order valence-electron chi connectivity index (χ1n) is 10.0. The second-order valence-electron chi connectivity index (χ2n) is 7.22. The highest BCUT2D eigenvalue weighted by Crippen LogP contribution is 2.29. The van der Waals surface area contributed by atoms with Crippen molar-refractivity contribution in [1.82, 2.24) is 0 Å². The Balaban J connectivity index is 1.54. The molecule has 3 aromatic rings. The van der Waals surface area contributed by atoms with Crippen LogP contribution in [0, 0.1) is 0 Å². The Morgan fingerprint density at radius 1 is 0.969 bits per heavy atom. The molecule has 0 aromatic heterocycles. The van der Waals surface area contributed by atoms with Crippen LogP contribution in [0.3, 0.4) is 0 Å². The number of primary sulfonamides is 1. The number of sulfonamides is 1. The first kappa shape index (κ1) is 21.8. The van der Waals surface area contributed by atoms with Gasteiger partial charge in [-0.25, -0.2) is 13.6 Å². The largest absolute Gasteiger partial charge is 0.456 e. The highest BCUT2D eigenvalue weighted by atomic mass is 32.2. The number of nitrogens with zero attached hydrogens (tertiary/aromatic N) is 1. The average Bonchev–Trinajstić information content (AvgIpc) is 2.80. The maximum absolute atomic E-state index is 12.9. The number of ether oxygens (including phenoxy) is 2. The van der Waals surface area contributed by atoms with Crippen LogP contribution < -0.4 is 20.1 Å². The highest BCUT2D eigenvalue weighted by Gasteiger charge is 2.16. The van der Waals surface area contributed by atoms with Crippen LogP contribution in [0.5, 0.6) is 11.5 Å². The number of nitrogens with two attached hydrogens (primary N) is 1. The molecule has 1 heterocycles. The molecule has 32 heavy (non-hydrogen) atoms. The van der Waals surface area contributed by atoms with E-state index in [9.17, 15) is 13.2 Å². The molecule has 0 atom stereocenters. The molecule has 0 bridgehead atoms. The molecule has 0 saturated carbocycles. The van der Waals surface area contributed by atoms with Gasteiger partial charge in [0, 0.05) is 30.5 Å². The van der Waals surface area contributed by atoms with E-state index in [0.29, 0.717) is 36.0 Å². The number of carbonyl (C=O) groups excluding carboxylic acids is 1. The Labute approximate surface area is 186 Å². The summed E-state index contributed by atoms with van der Waals surface area (Å²) in [6, 6.07) is 20.3. The Hall–Kier alpha value is -3.40. The first-order chi connectivity index (χ1) is 15.4. The minimum absolute atomic E-state index is 0.0836. The van der Waals surface area contributed by atoms with Gasteiger partial charge in [-0.2, -0.15) is 0 Å². The Morgan fingerprint density at radius 2 is 1.72 bits per heavy atom. The van der Waals surface area contributed by atoms with Gasteiger partial charge < -0.3 is 19.7 Å². The molecule has 3 aromatic carbocycles. The van der Waals surface area contributed by atoms with Crippen LogP contribution in [0.4, 0.5) is 11.4 Å². The van der Waals surface area contributed by atoms with Crippen LogP contribution in [-0.2, 0) is 14.8 Å². The number of benzene rings is 3. The predicted octanol–water partition coefficient (Wildman–Crippen LogP) is 3.22. The first-order valence-corrected chi connectivity index (χ1v) is 11.6. The molecule has 3 N–H and O–H groups in total. The van der Waals surface area contributed by atoms with Crippen LogP contribution in [0.2, 0.25) is 0 Å². The van der Waals surface area contributed by atoms with Gasteiger partial charge in [-0.15, -0.1) is 0 Å². The average molecular weight is 454 g/mol. The van der Waals surface area contributed by atoms with Crippen LogP contribution in [0.15, 0.2) is 77.7 Å². The van der Waals surface area contributed by atoms with Crippen molar-refractivity contribution in [3.63, 3.8) is 0 Å². The lowest BCUT2D eigenvalue weighted by molar-refractivity contribution is 0.102. The van der Waals surface area contributed by atoms with Crippen LogP contribution in [0.1, 0.15) is 10.4 Å². The minimum atomic E-state index is -3.88. The monoisotopic (exact) mass is 453 g/mol. The van der Waals surface area contributed by atoms with Gasteiger partial charge in [0.25, 0.3) is 5.91 Å². The molecule has 1 aliphatic heterocycles. The van der Waals surface area contributed by atoms with Crippen LogP contribution >= 0.6 is 0 Å². The molecule has 1 aliphatic rings. The summed E-state index contributed by atoms with van der Waals surface area (Å²) in [4.78, 5) is 15.0. The zero-order valence-corrected chi connectivity index (χ0v) is 18.0. The van der Waals surface area contributed by atoms with Gasteiger partial charge in [-0.05, 0) is 42.5 Å². The Bertz CT molecular complexity index is 1220. The van der Waals surface area contributed by atoms with Crippen molar-refractivity contribution in [3.05, 3.63) is 78.4 Å². The van der Waals surface area contributed by atoms with E-state index in [1.165, 1.54) is 18.2 Å². The SMILES string of the molecule is NS(=O)(=O)c1cccc(NC(=O)c2ccccc2Oc2cccc(N3CCOCC3)c2)c1. The minimum Gasteiger partial charge on any atom is -0.456 e. The standard InChI is InChI=1S/C23H23N3O5S/c24-32(28,29)20-8-3-5-17(15-20)25-23(27)21-9-1-2-10-22(21)31-19-7-4-6-18(16-19)26-11-13-30-14-12-26/h1-10,15-16H,11-14H2,(H,25,27)(H2,24,28,29). The molecule has 166 valence electrons. The van der Waals surface area contributed by atoms with Crippen molar-refractivity contribution in [2.45, 2.75) is 4.90 Å². The van der Waals surface area contributed by atoms with Gasteiger partial charge in [0.2, 0.25) is 10.0 Å². The van der Waals surface area contributed by atoms with Crippen LogP contribution in [-0.4, -0.2) is 40.6 Å². The van der Waals surface area contributed by atoms with Crippen molar-refractivity contribution in [2.75, 3.05) is 36.5 Å². The number of anilines is 2. The molecule has 0 radical (unpaired) electrons. The highest BCUT2D eigenvalue weighted by molar-refractivity contribution is 7.89. The van der Waals surface area contributed by atoms with E-state index in [1.54, 1.807) is 30.3 Å². The topological polar surface area (TPSA) is 111 Å². The predicted molar refractivity (Wildman–Crippen MR) is 122 cm³/mol. The molecule has 1 saturated heterocycles. The van der Waals surface area contributed by atoms with E-state index >= 15 is 0 Å². The fourth-order valence-electron chi connectivity index (χ4n) is 3.38. The lowest BCUT2D eigenvalue weighted by atomic mass is 10.1. The quantitative estimate of drug-likeness (QED) is 0.593. The summed E-state index contributed by atoms with van der Waals surface area (Å²) in [5, 5.41) is 7.87. The second kappa shape index (κ2) is 9.39. The lowest BCUT2D eigenvalue weighted by Crippen LogP contribution is -2.36. The summed E-state index contributed by atoms with van der Waals surface area (Å²) < 4.78 is 34.6. The number of carbonyl (C=O) groups is 1. The van der Waals surface area contributed by atoms with Gasteiger partial charge in [0.15, 0.2) is 0 Å². The van der Waals surface area contributed by atoms with E-state index < -0.39 is 15.9 Å². The zero-order valence-electron chi connectivity index (χ0n) is 17.2. The summed E-state index contributed by atoms with van der Waals surface area (Å²) in [6.07, 6.45) is 0. The summed E-state index contributed by atoms with van der Waals surface area (Å²) in [5.74, 6) is 0.550. The molecule has 9 heteroatoms. The van der Waals surface area contributed by atoms with Gasteiger partial charge in [0.05, 0.1) is 23.7 Å². The van der Waals surface area contributed by atoms with Gasteiger partial charge >= 0.3 is 0 Å². The van der Waals surface area contributed by atoms with E-state index in [-0.39, 0.29) is 4.90 Å². The summed E-state index contributed by atoms with van der Waals surface area (Å²) >= 11 is 0. The second-order valence-corrected chi connectivity index (χ2v) is 8.78. The molecule has 4 rings (SSSR count). The van der Waals surface area contributed by atoms with E-state index in [1.807, 2.05) is 24.3 Å². The number of rotatable bonds is 6. The lowest BCUT2D eigenvalue weighted by Gasteiger charge is -2.29. The van der Waals surface area contributed by atoms with Crippen molar-refractivity contribution >= 4 is 27.3 Å². The van der Waals surface area contributed by atoms with Gasteiger partial charge in [0.1, 0.15) is 11.5 Å². The molecule has 1 amide bonds. The summed E-state index contributed by atoms with van der Waals surface area (Å²) in [5.41, 5.74) is 1.64. The third-order valence-electron chi connectivity index (χ3n) is 4.97. The Morgan fingerprint density at radius 3 is 2.50 bits per heavy atom. The third kappa shape index (κ3) is 5.25. The number of nitrogens with one attached hydrogen (secondary N) is 1. The molecule has 8 nitrogen and oxygen atoms in total. The van der Waals surface area contributed by atoms with Crippen molar-refractivity contribution in [3.8, 4) is 11.5 Å². The maximum atomic E-state index is 12.9. The summed E-state index contributed by atoms with van der Waals surface area (Å²) in [7, 11) is -3.88. The number of morpholine rings is 1. The van der Waals surface area contributed by atoms with Crippen molar-refractivity contribution in [2.24, 2.45) is 5.14 Å². The zero-order chi connectivity index (χ0) is 22.6. The number of amides is 1. The molecule has 0 aliphatic carbocycles. The van der Waals surface area contributed by atoms with Gasteiger partial charge in [-0.1, -0.05) is 24.3 Å². The van der Waals surface area contributed by atoms with E-state index in [0.717, 1.165) is 18.8 Å². The van der Waals surface area contributed by atoms with E-state index in [2.05, 4.69) is 10.2 Å². The van der Waals surface area contributed by atoms with Gasteiger partial charge in [-0.3, -0.25) is 4.79 Å². The van der Waals surface area contributed by atoms with Crippen molar-refractivity contribution in [1.29, 1.82) is 0 Å². The molecule has 1 fully saturated rings. The number of hydrogen-bond acceptors (Lipinski definition) is 6.